The van der Waals surface area contributed by atoms with Gasteiger partial charge in [0.05, 0.1) is 7.11 Å². The molecule has 0 unspecified atom stereocenters. The lowest BCUT2D eigenvalue weighted by Gasteiger charge is -2.13. The number of hydrogen-bond acceptors (Lipinski definition) is 3. The van der Waals surface area contributed by atoms with Gasteiger partial charge in [-0.05, 0) is 25.2 Å². The summed E-state index contributed by atoms with van der Waals surface area (Å²) < 4.78 is 24.7. The molecule has 5 heteroatoms. The molecule has 0 heterocycles. The molecule has 2 rings (SSSR count). The van der Waals surface area contributed by atoms with Gasteiger partial charge in [0.25, 0.3) is 0 Å². The van der Waals surface area contributed by atoms with Crippen LogP contribution in [-0.4, -0.2) is 14.2 Å². The maximum atomic E-state index is 14.1. The first-order valence-corrected chi connectivity index (χ1v) is 6.91. The Morgan fingerprint density at radius 3 is 2.57 bits per heavy atom. The van der Waals surface area contributed by atoms with E-state index in [1.165, 1.54) is 7.11 Å². The molecule has 0 aliphatic heterocycles. The third-order valence-electron chi connectivity index (χ3n) is 3.08. The first-order valence-electron chi connectivity index (χ1n) is 6.53. The van der Waals surface area contributed by atoms with Crippen LogP contribution < -0.4 is 14.8 Å². The average molecular weight is 310 g/mol. The Labute approximate surface area is 128 Å². The lowest BCUT2D eigenvalue weighted by molar-refractivity contribution is 0.292. The van der Waals surface area contributed by atoms with Gasteiger partial charge in [0.15, 0.2) is 11.6 Å². The zero-order chi connectivity index (χ0) is 15.2. The van der Waals surface area contributed by atoms with Gasteiger partial charge in [-0.25, -0.2) is 4.39 Å². The number of nitrogens with one attached hydrogen (secondary N) is 1. The molecule has 0 saturated heterocycles. The van der Waals surface area contributed by atoms with E-state index >= 15 is 0 Å². The Balaban J connectivity index is 2.19. The molecule has 2 aromatic rings. The van der Waals surface area contributed by atoms with Crippen LogP contribution in [0.25, 0.3) is 0 Å². The van der Waals surface area contributed by atoms with Crippen LogP contribution in [0, 0.1) is 5.82 Å². The highest BCUT2D eigenvalue weighted by Gasteiger charge is 2.11. The van der Waals surface area contributed by atoms with Gasteiger partial charge in [-0.15, -0.1) is 0 Å². The number of rotatable bonds is 6. The van der Waals surface area contributed by atoms with E-state index in [0.29, 0.717) is 22.9 Å². The van der Waals surface area contributed by atoms with E-state index in [-0.39, 0.29) is 12.4 Å². The highest BCUT2D eigenvalue weighted by atomic mass is 35.5. The molecule has 0 aromatic heterocycles. The summed E-state index contributed by atoms with van der Waals surface area (Å²) in [5, 5.41) is 3.65. The van der Waals surface area contributed by atoms with Crippen molar-refractivity contribution in [2.45, 2.75) is 13.2 Å². The smallest absolute Gasteiger partial charge is 0.171 e. The molecule has 21 heavy (non-hydrogen) atoms. The molecule has 3 nitrogen and oxygen atoms in total. The van der Waals surface area contributed by atoms with E-state index in [1.807, 2.05) is 13.1 Å². The first-order chi connectivity index (χ1) is 10.2. The van der Waals surface area contributed by atoms with Crippen molar-refractivity contribution < 1.29 is 13.9 Å². The van der Waals surface area contributed by atoms with Gasteiger partial charge in [-0.1, -0.05) is 29.8 Å². The van der Waals surface area contributed by atoms with Gasteiger partial charge in [-0.3, -0.25) is 0 Å². The Bertz CT molecular complexity index is 619. The van der Waals surface area contributed by atoms with Crippen molar-refractivity contribution in [3.63, 3.8) is 0 Å². The molecule has 0 radical (unpaired) electrons. The summed E-state index contributed by atoms with van der Waals surface area (Å²) in [5.74, 6) is 0.439. The van der Waals surface area contributed by atoms with Crippen LogP contribution in [0.3, 0.4) is 0 Å². The topological polar surface area (TPSA) is 30.5 Å². The maximum absolute atomic E-state index is 14.1. The van der Waals surface area contributed by atoms with Crippen molar-refractivity contribution >= 4 is 11.6 Å². The summed E-state index contributed by atoms with van der Waals surface area (Å²) >= 11 is 6.15. The maximum Gasteiger partial charge on any atom is 0.171 e. The summed E-state index contributed by atoms with van der Waals surface area (Å²) in [6.45, 7) is 0.690. The molecular weight excluding hydrogens is 293 g/mol. The molecule has 112 valence electrons. The van der Waals surface area contributed by atoms with Gasteiger partial charge in [0.1, 0.15) is 12.4 Å². The van der Waals surface area contributed by atoms with Crippen LogP contribution in [0.5, 0.6) is 11.5 Å². The summed E-state index contributed by atoms with van der Waals surface area (Å²) in [6, 6.07) is 10.4. The van der Waals surface area contributed by atoms with Crippen molar-refractivity contribution in [1.82, 2.24) is 5.32 Å². The Hall–Kier alpha value is -1.78. The third-order valence-corrected chi connectivity index (χ3v) is 3.43. The minimum absolute atomic E-state index is 0.111. The number of ether oxygens (including phenoxy) is 2. The molecular formula is C16H17ClFNO2. The molecule has 0 spiro atoms. The minimum Gasteiger partial charge on any atom is -0.494 e. The van der Waals surface area contributed by atoms with E-state index in [4.69, 9.17) is 21.1 Å². The SMILES string of the molecule is CNCc1c(Cl)cccc1OCc1cccc(OC)c1F. The van der Waals surface area contributed by atoms with Crippen LogP contribution >= 0.6 is 11.6 Å². The third kappa shape index (κ3) is 3.65. The van der Waals surface area contributed by atoms with E-state index in [2.05, 4.69) is 5.32 Å². The second-order valence-corrected chi connectivity index (χ2v) is 4.88. The largest absolute Gasteiger partial charge is 0.494 e. The molecule has 0 atom stereocenters. The molecule has 0 aliphatic carbocycles. The molecule has 0 bridgehead atoms. The average Bonchev–Trinajstić information content (AvgIpc) is 2.49. The Morgan fingerprint density at radius 1 is 1.14 bits per heavy atom. The Kier molecular flexibility index (Phi) is 5.42. The van der Waals surface area contributed by atoms with E-state index in [1.54, 1.807) is 30.3 Å². The number of halogens is 2. The van der Waals surface area contributed by atoms with Gasteiger partial charge < -0.3 is 14.8 Å². The van der Waals surface area contributed by atoms with Crippen molar-refractivity contribution in [2.24, 2.45) is 0 Å². The van der Waals surface area contributed by atoms with Crippen LogP contribution in [0.4, 0.5) is 4.39 Å². The van der Waals surface area contributed by atoms with Gasteiger partial charge in [-0.2, -0.15) is 0 Å². The van der Waals surface area contributed by atoms with Crippen LogP contribution in [0.2, 0.25) is 5.02 Å². The lowest BCUT2D eigenvalue weighted by atomic mass is 10.2. The molecule has 1 N–H and O–H groups in total. The molecule has 0 amide bonds. The molecule has 0 aliphatic rings. The number of methoxy groups -OCH3 is 1. The normalized spacial score (nSPS) is 10.5. The zero-order valence-corrected chi connectivity index (χ0v) is 12.7. The molecule has 0 saturated carbocycles. The van der Waals surface area contributed by atoms with Crippen LogP contribution in [0.15, 0.2) is 36.4 Å². The number of benzene rings is 2. The zero-order valence-electron chi connectivity index (χ0n) is 12.0. The predicted molar refractivity (Wildman–Crippen MR) is 81.5 cm³/mol. The lowest BCUT2D eigenvalue weighted by Crippen LogP contribution is -2.08. The molecule has 0 fully saturated rings. The first kappa shape index (κ1) is 15.6. The highest BCUT2D eigenvalue weighted by molar-refractivity contribution is 6.31. The van der Waals surface area contributed by atoms with Crippen LogP contribution in [-0.2, 0) is 13.2 Å². The highest BCUT2D eigenvalue weighted by Crippen LogP contribution is 2.28. The fraction of sp³-hybridized carbons (Fsp3) is 0.250. The minimum atomic E-state index is -0.405. The predicted octanol–water partition coefficient (Wildman–Crippen LogP) is 3.79. The van der Waals surface area contributed by atoms with Crippen molar-refractivity contribution in [3.05, 3.63) is 58.4 Å². The van der Waals surface area contributed by atoms with Gasteiger partial charge >= 0.3 is 0 Å². The fourth-order valence-corrected chi connectivity index (χ4v) is 2.24. The van der Waals surface area contributed by atoms with Gasteiger partial charge in [0, 0.05) is 22.7 Å². The second kappa shape index (κ2) is 7.29. The van der Waals surface area contributed by atoms with E-state index in [9.17, 15) is 4.39 Å². The standard InChI is InChI=1S/C16H17ClFNO2/c1-19-9-12-13(17)6-4-7-14(12)21-10-11-5-3-8-15(20-2)16(11)18/h3-8,19H,9-10H2,1-2H3. The summed E-state index contributed by atoms with van der Waals surface area (Å²) in [5.41, 5.74) is 1.29. The summed E-state index contributed by atoms with van der Waals surface area (Å²) in [6.07, 6.45) is 0. The fourth-order valence-electron chi connectivity index (χ4n) is 2.00. The van der Waals surface area contributed by atoms with Crippen molar-refractivity contribution in [1.29, 1.82) is 0 Å². The summed E-state index contributed by atoms with van der Waals surface area (Å²) in [4.78, 5) is 0. The van der Waals surface area contributed by atoms with Crippen LogP contribution in [0.1, 0.15) is 11.1 Å². The van der Waals surface area contributed by atoms with Gasteiger partial charge in [0.2, 0.25) is 0 Å². The van der Waals surface area contributed by atoms with Crippen molar-refractivity contribution in [2.75, 3.05) is 14.2 Å². The van der Waals surface area contributed by atoms with E-state index in [0.717, 1.165) is 5.56 Å². The van der Waals surface area contributed by atoms with Crippen molar-refractivity contribution in [3.8, 4) is 11.5 Å². The Morgan fingerprint density at radius 2 is 1.86 bits per heavy atom. The summed E-state index contributed by atoms with van der Waals surface area (Å²) in [7, 11) is 3.26. The monoisotopic (exact) mass is 309 g/mol. The quantitative estimate of drug-likeness (QED) is 0.880. The van der Waals surface area contributed by atoms with E-state index < -0.39 is 5.82 Å². The molecule has 2 aromatic carbocycles. The second-order valence-electron chi connectivity index (χ2n) is 4.47. The number of hydrogen-bond donors (Lipinski definition) is 1.